The molecule has 1 heterocycles. The Hall–Kier alpha value is -0.340. The lowest BCUT2D eigenvalue weighted by atomic mass is 9.85. The van der Waals surface area contributed by atoms with E-state index in [1.807, 2.05) is 6.08 Å². The van der Waals surface area contributed by atoms with Crippen LogP contribution < -0.4 is 5.32 Å². The van der Waals surface area contributed by atoms with E-state index in [1.165, 1.54) is 44.9 Å². The maximum absolute atomic E-state index is 6.02. The molecule has 1 N–H and O–H groups in total. The van der Waals surface area contributed by atoms with Crippen LogP contribution in [0.2, 0.25) is 0 Å². The molecule has 1 aliphatic rings. The van der Waals surface area contributed by atoms with Crippen LogP contribution in [0.25, 0.3) is 0 Å². The topological polar surface area (TPSA) is 21.3 Å². The van der Waals surface area contributed by atoms with Crippen LogP contribution in [0.5, 0.6) is 0 Å². The molecule has 0 spiro atoms. The zero-order valence-corrected chi connectivity index (χ0v) is 11.6. The highest BCUT2D eigenvalue weighted by Gasteiger charge is 2.35. The highest BCUT2D eigenvalue weighted by molar-refractivity contribution is 4.90. The van der Waals surface area contributed by atoms with Gasteiger partial charge in [0.05, 0.1) is 5.60 Å². The molecule has 1 rings (SSSR count). The monoisotopic (exact) mass is 239 g/mol. The van der Waals surface area contributed by atoms with Crippen LogP contribution in [0.4, 0.5) is 0 Å². The van der Waals surface area contributed by atoms with Gasteiger partial charge in [0.15, 0.2) is 0 Å². The zero-order chi connectivity index (χ0) is 12.6. The van der Waals surface area contributed by atoms with Crippen molar-refractivity contribution in [2.45, 2.75) is 69.9 Å². The maximum Gasteiger partial charge on any atom is 0.0806 e. The van der Waals surface area contributed by atoms with E-state index in [2.05, 4.69) is 25.9 Å². The summed E-state index contributed by atoms with van der Waals surface area (Å²) in [6.45, 7) is 6.97. The summed E-state index contributed by atoms with van der Waals surface area (Å²) in [5, 5.41) is 3.46. The first kappa shape index (κ1) is 14.7. The molecule has 0 aromatic carbocycles. The van der Waals surface area contributed by atoms with Crippen molar-refractivity contribution in [1.82, 2.24) is 5.32 Å². The Bertz CT molecular complexity index is 209. The fourth-order valence-corrected chi connectivity index (χ4v) is 2.80. The predicted octanol–water partition coefficient (Wildman–Crippen LogP) is 3.67. The van der Waals surface area contributed by atoms with Crippen molar-refractivity contribution in [3.05, 3.63) is 12.7 Å². The summed E-state index contributed by atoms with van der Waals surface area (Å²) in [5.41, 5.74) is 0.0609. The molecule has 17 heavy (non-hydrogen) atoms. The maximum atomic E-state index is 6.02. The number of unbranched alkanes of at least 4 members (excludes halogenated alkanes) is 3. The molecule has 0 aromatic heterocycles. The molecule has 0 amide bonds. The van der Waals surface area contributed by atoms with E-state index in [-0.39, 0.29) is 5.60 Å². The van der Waals surface area contributed by atoms with Gasteiger partial charge in [0, 0.05) is 12.6 Å². The van der Waals surface area contributed by atoms with Crippen molar-refractivity contribution < 1.29 is 4.74 Å². The predicted molar refractivity (Wildman–Crippen MR) is 74.3 cm³/mol. The third-order valence-corrected chi connectivity index (χ3v) is 3.99. The van der Waals surface area contributed by atoms with E-state index in [4.69, 9.17) is 4.74 Å². The lowest BCUT2D eigenvalue weighted by Crippen LogP contribution is -2.51. The second-order valence-corrected chi connectivity index (χ2v) is 5.39. The van der Waals surface area contributed by atoms with Gasteiger partial charge in [-0.25, -0.2) is 0 Å². The Morgan fingerprint density at radius 2 is 2.18 bits per heavy atom. The standard InChI is InChI=1S/C15H29NO/c1-4-5-6-7-8-11-14(16-3)15(2)12-9-10-13-17-15/h4,14,16H,1,5-13H2,2-3H3. The van der Waals surface area contributed by atoms with Crippen LogP contribution in [0.15, 0.2) is 12.7 Å². The van der Waals surface area contributed by atoms with Gasteiger partial charge < -0.3 is 10.1 Å². The Morgan fingerprint density at radius 3 is 2.76 bits per heavy atom. The fraction of sp³-hybridized carbons (Fsp3) is 0.867. The number of rotatable bonds is 8. The number of allylic oxidation sites excluding steroid dienone is 1. The molecular formula is C15H29NO. The normalized spacial score (nSPS) is 26.7. The third-order valence-electron chi connectivity index (χ3n) is 3.99. The Labute approximate surface area is 107 Å². The van der Waals surface area contributed by atoms with Gasteiger partial charge in [0.25, 0.3) is 0 Å². The Morgan fingerprint density at radius 1 is 1.35 bits per heavy atom. The van der Waals surface area contributed by atoms with Crippen LogP contribution in [0.3, 0.4) is 0 Å². The second-order valence-electron chi connectivity index (χ2n) is 5.39. The van der Waals surface area contributed by atoms with Crippen LogP contribution in [0.1, 0.15) is 58.3 Å². The van der Waals surface area contributed by atoms with E-state index in [1.54, 1.807) is 0 Å². The average molecular weight is 239 g/mol. The molecule has 2 atom stereocenters. The van der Waals surface area contributed by atoms with Crippen LogP contribution >= 0.6 is 0 Å². The van der Waals surface area contributed by atoms with E-state index in [0.717, 1.165) is 13.0 Å². The van der Waals surface area contributed by atoms with Gasteiger partial charge in [-0.1, -0.05) is 18.9 Å². The molecule has 0 saturated carbocycles. The SMILES string of the molecule is C=CCCCCCC(NC)C1(C)CCCCO1. The average Bonchev–Trinajstić information content (AvgIpc) is 2.34. The van der Waals surface area contributed by atoms with Crippen LogP contribution in [-0.2, 0) is 4.74 Å². The minimum atomic E-state index is 0.0609. The lowest BCUT2D eigenvalue weighted by molar-refractivity contribution is -0.0890. The van der Waals surface area contributed by atoms with Crippen molar-refractivity contribution in [2.75, 3.05) is 13.7 Å². The molecule has 100 valence electrons. The van der Waals surface area contributed by atoms with E-state index in [0.29, 0.717) is 6.04 Å². The summed E-state index contributed by atoms with van der Waals surface area (Å²) < 4.78 is 6.02. The molecule has 0 aromatic rings. The van der Waals surface area contributed by atoms with E-state index >= 15 is 0 Å². The molecular weight excluding hydrogens is 210 g/mol. The summed E-state index contributed by atoms with van der Waals surface area (Å²) in [5.74, 6) is 0. The lowest BCUT2D eigenvalue weighted by Gasteiger charge is -2.40. The minimum absolute atomic E-state index is 0.0609. The van der Waals surface area contributed by atoms with Crippen molar-refractivity contribution in [3.63, 3.8) is 0 Å². The van der Waals surface area contributed by atoms with E-state index in [9.17, 15) is 0 Å². The molecule has 1 saturated heterocycles. The van der Waals surface area contributed by atoms with Crippen molar-refractivity contribution in [2.24, 2.45) is 0 Å². The van der Waals surface area contributed by atoms with Crippen LogP contribution in [-0.4, -0.2) is 25.3 Å². The summed E-state index contributed by atoms with van der Waals surface area (Å²) in [6, 6.07) is 0.506. The van der Waals surface area contributed by atoms with Gasteiger partial charge in [0.1, 0.15) is 0 Å². The minimum Gasteiger partial charge on any atom is -0.374 e. The number of hydrogen-bond acceptors (Lipinski definition) is 2. The Kier molecular flexibility index (Phi) is 6.83. The largest absolute Gasteiger partial charge is 0.374 e. The Balaban J connectivity index is 2.28. The fourth-order valence-electron chi connectivity index (χ4n) is 2.80. The second kappa shape index (κ2) is 7.88. The first-order valence-corrected chi connectivity index (χ1v) is 7.15. The van der Waals surface area contributed by atoms with Gasteiger partial charge in [-0.2, -0.15) is 0 Å². The molecule has 1 fully saturated rings. The van der Waals surface area contributed by atoms with Gasteiger partial charge in [-0.3, -0.25) is 0 Å². The smallest absolute Gasteiger partial charge is 0.0806 e. The molecule has 0 aliphatic carbocycles. The van der Waals surface area contributed by atoms with E-state index < -0.39 is 0 Å². The first-order valence-electron chi connectivity index (χ1n) is 7.15. The summed E-state index contributed by atoms with van der Waals surface area (Å²) in [6.07, 6.45) is 12.0. The van der Waals surface area contributed by atoms with Gasteiger partial charge in [-0.05, 0) is 52.5 Å². The van der Waals surface area contributed by atoms with Crippen LogP contribution in [0, 0.1) is 0 Å². The summed E-state index contributed by atoms with van der Waals surface area (Å²) in [4.78, 5) is 0. The highest BCUT2D eigenvalue weighted by atomic mass is 16.5. The molecule has 2 heteroatoms. The zero-order valence-electron chi connectivity index (χ0n) is 11.6. The molecule has 0 radical (unpaired) electrons. The van der Waals surface area contributed by atoms with Crippen molar-refractivity contribution in [1.29, 1.82) is 0 Å². The quantitative estimate of drug-likeness (QED) is 0.515. The number of hydrogen-bond donors (Lipinski definition) is 1. The van der Waals surface area contributed by atoms with Crippen molar-refractivity contribution in [3.8, 4) is 0 Å². The number of likely N-dealkylation sites (N-methyl/N-ethyl adjacent to an activating group) is 1. The summed E-state index contributed by atoms with van der Waals surface area (Å²) in [7, 11) is 2.07. The van der Waals surface area contributed by atoms with Gasteiger partial charge >= 0.3 is 0 Å². The summed E-state index contributed by atoms with van der Waals surface area (Å²) >= 11 is 0. The first-order chi connectivity index (χ1) is 8.23. The molecule has 2 unspecified atom stereocenters. The molecule has 0 bridgehead atoms. The van der Waals surface area contributed by atoms with Gasteiger partial charge in [0.2, 0.25) is 0 Å². The number of nitrogens with one attached hydrogen (secondary N) is 1. The number of ether oxygens (including phenoxy) is 1. The molecule has 1 aliphatic heterocycles. The highest BCUT2D eigenvalue weighted by Crippen LogP contribution is 2.30. The molecule has 2 nitrogen and oxygen atoms in total. The van der Waals surface area contributed by atoms with Gasteiger partial charge in [-0.15, -0.1) is 6.58 Å². The third kappa shape index (κ3) is 4.81. The van der Waals surface area contributed by atoms with Crippen molar-refractivity contribution >= 4 is 0 Å².